The summed E-state index contributed by atoms with van der Waals surface area (Å²) in [6.07, 6.45) is 4.43. The number of H-pyrrole nitrogens is 1. The SMILES string of the molecule is O=C(CCc1cnc[nH]1)N1CCOC(c2cccc(Cl)c2)C1. The van der Waals surface area contributed by atoms with Gasteiger partial charge in [0.2, 0.25) is 5.91 Å². The predicted molar refractivity (Wildman–Crippen MR) is 83.6 cm³/mol. The van der Waals surface area contributed by atoms with E-state index < -0.39 is 0 Å². The van der Waals surface area contributed by atoms with Crippen molar-refractivity contribution in [2.24, 2.45) is 0 Å². The number of aryl methyl sites for hydroxylation is 1. The van der Waals surface area contributed by atoms with Crippen LogP contribution in [0.15, 0.2) is 36.8 Å². The van der Waals surface area contributed by atoms with Crippen molar-refractivity contribution in [2.45, 2.75) is 18.9 Å². The third-order valence-electron chi connectivity index (χ3n) is 3.80. The van der Waals surface area contributed by atoms with Crippen LogP contribution in [0, 0.1) is 0 Å². The predicted octanol–water partition coefficient (Wildman–Crippen LogP) is 2.60. The van der Waals surface area contributed by atoms with Crippen molar-refractivity contribution in [3.63, 3.8) is 0 Å². The number of imidazole rings is 1. The Balaban J connectivity index is 1.59. The molecule has 5 nitrogen and oxygen atoms in total. The molecule has 1 atom stereocenters. The van der Waals surface area contributed by atoms with Crippen LogP contribution in [0.1, 0.15) is 23.8 Å². The minimum atomic E-state index is -0.108. The number of amides is 1. The normalized spacial score (nSPS) is 18.4. The standard InChI is InChI=1S/C16H18ClN3O2/c17-13-3-1-2-12(8-13)15-10-20(6-7-22-15)16(21)5-4-14-9-18-11-19-14/h1-3,8-9,11,15H,4-7,10H2,(H,18,19). The molecule has 1 fully saturated rings. The second-order valence-corrected chi connectivity index (χ2v) is 5.77. The molecule has 2 aromatic rings. The molecule has 1 N–H and O–H groups in total. The molecule has 6 heteroatoms. The molecule has 1 aromatic heterocycles. The molecule has 0 spiro atoms. The van der Waals surface area contributed by atoms with Gasteiger partial charge in [-0.2, -0.15) is 0 Å². The monoisotopic (exact) mass is 319 g/mol. The van der Waals surface area contributed by atoms with Crippen molar-refractivity contribution in [3.05, 3.63) is 53.1 Å². The minimum Gasteiger partial charge on any atom is -0.370 e. The van der Waals surface area contributed by atoms with Gasteiger partial charge in [0.15, 0.2) is 0 Å². The van der Waals surface area contributed by atoms with Gasteiger partial charge in [-0.15, -0.1) is 0 Å². The van der Waals surface area contributed by atoms with E-state index in [1.54, 1.807) is 12.5 Å². The molecule has 1 unspecified atom stereocenters. The van der Waals surface area contributed by atoms with Gasteiger partial charge in [-0.3, -0.25) is 4.79 Å². The highest BCUT2D eigenvalue weighted by molar-refractivity contribution is 6.30. The quantitative estimate of drug-likeness (QED) is 0.942. The Morgan fingerprint density at radius 1 is 1.50 bits per heavy atom. The topological polar surface area (TPSA) is 58.2 Å². The van der Waals surface area contributed by atoms with E-state index in [1.807, 2.05) is 29.2 Å². The summed E-state index contributed by atoms with van der Waals surface area (Å²) in [5, 5.41) is 0.684. The second kappa shape index (κ2) is 6.94. The van der Waals surface area contributed by atoms with Crippen molar-refractivity contribution in [2.75, 3.05) is 19.7 Å². The molecule has 0 radical (unpaired) electrons. The number of benzene rings is 1. The third-order valence-corrected chi connectivity index (χ3v) is 4.04. The summed E-state index contributed by atoms with van der Waals surface area (Å²) in [5.74, 6) is 0.143. The Labute approximate surface area is 134 Å². The van der Waals surface area contributed by atoms with Crippen LogP contribution in [0.25, 0.3) is 0 Å². The molecule has 3 rings (SSSR count). The fourth-order valence-corrected chi connectivity index (χ4v) is 2.80. The number of nitrogens with zero attached hydrogens (tertiary/aromatic N) is 2. The van der Waals surface area contributed by atoms with Crippen LogP contribution in [0.2, 0.25) is 5.02 Å². The first-order valence-corrected chi connectivity index (χ1v) is 7.72. The number of carbonyl (C=O) groups excluding carboxylic acids is 1. The van der Waals surface area contributed by atoms with Crippen molar-refractivity contribution in [1.82, 2.24) is 14.9 Å². The van der Waals surface area contributed by atoms with Crippen molar-refractivity contribution in [3.8, 4) is 0 Å². The number of morpholine rings is 1. The van der Waals surface area contributed by atoms with Crippen LogP contribution >= 0.6 is 11.6 Å². The molecule has 0 aliphatic carbocycles. The zero-order valence-corrected chi connectivity index (χ0v) is 12.9. The number of halogens is 1. The average molecular weight is 320 g/mol. The first-order valence-electron chi connectivity index (χ1n) is 7.34. The molecule has 2 heterocycles. The van der Waals surface area contributed by atoms with Gasteiger partial charge in [0.1, 0.15) is 6.10 Å². The molecule has 22 heavy (non-hydrogen) atoms. The van der Waals surface area contributed by atoms with Crippen molar-refractivity contribution >= 4 is 17.5 Å². The van der Waals surface area contributed by atoms with E-state index in [9.17, 15) is 4.79 Å². The van der Waals surface area contributed by atoms with E-state index in [0.717, 1.165) is 11.3 Å². The largest absolute Gasteiger partial charge is 0.370 e. The van der Waals surface area contributed by atoms with Gasteiger partial charge in [-0.05, 0) is 24.1 Å². The number of aromatic amines is 1. The summed E-state index contributed by atoms with van der Waals surface area (Å²) in [7, 11) is 0. The minimum absolute atomic E-state index is 0.108. The van der Waals surface area contributed by atoms with E-state index in [-0.39, 0.29) is 12.0 Å². The number of hydrogen-bond donors (Lipinski definition) is 1. The lowest BCUT2D eigenvalue weighted by atomic mass is 10.1. The van der Waals surface area contributed by atoms with Gasteiger partial charge in [0, 0.05) is 29.9 Å². The molecular weight excluding hydrogens is 302 g/mol. The Morgan fingerprint density at radius 2 is 2.41 bits per heavy atom. The fraction of sp³-hybridized carbons (Fsp3) is 0.375. The molecule has 1 aliphatic rings. The maximum atomic E-state index is 12.3. The zero-order chi connectivity index (χ0) is 15.4. The van der Waals surface area contributed by atoms with E-state index in [2.05, 4.69) is 9.97 Å². The second-order valence-electron chi connectivity index (χ2n) is 5.33. The van der Waals surface area contributed by atoms with Crippen LogP contribution in [-0.2, 0) is 16.0 Å². The summed E-state index contributed by atoms with van der Waals surface area (Å²) in [6.45, 7) is 1.76. The lowest BCUT2D eigenvalue weighted by molar-refractivity contribution is -0.139. The highest BCUT2D eigenvalue weighted by atomic mass is 35.5. The summed E-state index contributed by atoms with van der Waals surface area (Å²) in [6, 6.07) is 7.61. The molecule has 1 saturated heterocycles. The first-order chi connectivity index (χ1) is 10.7. The van der Waals surface area contributed by atoms with Gasteiger partial charge < -0.3 is 14.6 Å². The number of rotatable bonds is 4. The van der Waals surface area contributed by atoms with Gasteiger partial charge in [0.05, 0.1) is 19.5 Å². The van der Waals surface area contributed by atoms with Crippen LogP contribution in [0.5, 0.6) is 0 Å². The number of carbonyl (C=O) groups is 1. The summed E-state index contributed by atoms with van der Waals surface area (Å²) < 4.78 is 5.78. The molecular formula is C16H18ClN3O2. The van der Waals surface area contributed by atoms with Gasteiger partial charge in [-0.1, -0.05) is 23.7 Å². The number of ether oxygens (including phenoxy) is 1. The van der Waals surface area contributed by atoms with Crippen LogP contribution in [-0.4, -0.2) is 40.5 Å². The van der Waals surface area contributed by atoms with Crippen LogP contribution in [0.3, 0.4) is 0 Å². The number of hydrogen-bond acceptors (Lipinski definition) is 3. The van der Waals surface area contributed by atoms with Gasteiger partial charge >= 0.3 is 0 Å². The first kappa shape index (κ1) is 15.1. The van der Waals surface area contributed by atoms with Crippen molar-refractivity contribution < 1.29 is 9.53 Å². The number of nitrogens with one attached hydrogen (secondary N) is 1. The lowest BCUT2D eigenvalue weighted by Gasteiger charge is -2.33. The highest BCUT2D eigenvalue weighted by Gasteiger charge is 2.25. The zero-order valence-electron chi connectivity index (χ0n) is 12.2. The Kier molecular flexibility index (Phi) is 4.75. The van der Waals surface area contributed by atoms with E-state index in [4.69, 9.17) is 16.3 Å². The molecule has 0 saturated carbocycles. The van der Waals surface area contributed by atoms with E-state index in [1.165, 1.54) is 0 Å². The lowest BCUT2D eigenvalue weighted by Crippen LogP contribution is -2.42. The highest BCUT2D eigenvalue weighted by Crippen LogP contribution is 2.24. The van der Waals surface area contributed by atoms with Crippen LogP contribution in [0.4, 0.5) is 0 Å². The molecule has 116 valence electrons. The van der Waals surface area contributed by atoms with Gasteiger partial charge in [0.25, 0.3) is 0 Å². The molecule has 1 amide bonds. The average Bonchev–Trinajstić information content (AvgIpc) is 3.06. The Hall–Kier alpha value is -1.85. The third kappa shape index (κ3) is 3.67. The fourth-order valence-electron chi connectivity index (χ4n) is 2.61. The number of aromatic nitrogens is 2. The van der Waals surface area contributed by atoms with Gasteiger partial charge in [-0.25, -0.2) is 4.98 Å². The van der Waals surface area contributed by atoms with E-state index in [0.29, 0.717) is 37.6 Å². The van der Waals surface area contributed by atoms with Crippen LogP contribution < -0.4 is 0 Å². The summed E-state index contributed by atoms with van der Waals surface area (Å²) >= 11 is 6.02. The smallest absolute Gasteiger partial charge is 0.223 e. The molecule has 0 bridgehead atoms. The Bertz CT molecular complexity index is 630. The Morgan fingerprint density at radius 3 is 3.18 bits per heavy atom. The van der Waals surface area contributed by atoms with Crippen molar-refractivity contribution in [1.29, 1.82) is 0 Å². The maximum absolute atomic E-state index is 12.3. The molecule has 1 aromatic carbocycles. The molecule has 1 aliphatic heterocycles. The van der Waals surface area contributed by atoms with E-state index >= 15 is 0 Å². The maximum Gasteiger partial charge on any atom is 0.223 e. The summed E-state index contributed by atoms with van der Waals surface area (Å²) in [5.41, 5.74) is 1.99. The summed E-state index contributed by atoms with van der Waals surface area (Å²) in [4.78, 5) is 21.2.